The van der Waals surface area contributed by atoms with E-state index in [0.29, 0.717) is 30.5 Å². The molecule has 0 radical (unpaired) electrons. The summed E-state index contributed by atoms with van der Waals surface area (Å²) >= 11 is 0. The molecule has 0 unspecified atom stereocenters. The number of likely N-dealkylation sites (tertiary alicyclic amines) is 2. The van der Waals surface area contributed by atoms with Gasteiger partial charge in [0, 0.05) is 25.7 Å². The first-order valence-corrected chi connectivity index (χ1v) is 9.95. The average molecular weight is 372 g/mol. The maximum atomic E-state index is 13.8. The largest absolute Gasteiger partial charge is 0.342 e. The monoisotopic (exact) mass is 372 g/mol. The zero-order chi connectivity index (χ0) is 19.4. The van der Waals surface area contributed by atoms with E-state index in [4.69, 9.17) is 0 Å². The highest BCUT2D eigenvalue weighted by Gasteiger charge is 2.38. The maximum absolute atomic E-state index is 13.8. The lowest BCUT2D eigenvalue weighted by molar-refractivity contribution is -0.138. The van der Waals surface area contributed by atoms with Gasteiger partial charge in [0.1, 0.15) is 5.82 Å². The molecule has 0 aromatic heterocycles. The van der Waals surface area contributed by atoms with Gasteiger partial charge in [-0.25, -0.2) is 4.39 Å². The van der Waals surface area contributed by atoms with Gasteiger partial charge in [-0.2, -0.15) is 0 Å². The van der Waals surface area contributed by atoms with E-state index < -0.39 is 0 Å². The van der Waals surface area contributed by atoms with Crippen LogP contribution in [-0.2, 0) is 16.0 Å². The highest BCUT2D eigenvalue weighted by atomic mass is 19.1. The van der Waals surface area contributed by atoms with E-state index in [1.54, 1.807) is 24.3 Å². The summed E-state index contributed by atoms with van der Waals surface area (Å²) in [4.78, 5) is 29.1. The fourth-order valence-electron chi connectivity index (χ4n) is 4.19. The van der Waals surface area contributed by atoms with Crippen LogP contribution in [0.5, 0.6) is 0 Å². The molecule has 4 nitrogen and oxygen atoms in total. The van der Waals surface area contributed by atoms with E-state index in [1.807, 2.05) is 15.9 Å². The van der Waals surface area contributed by atoms with E-state index in [2.05, 4.69) is 13.8 Å². The number of carbonyl (C=O) groups excluding carboxylic acids is 2. The van der Waals surface area contributed by atoms with Crippen molar-refractivity contribution in [2.24, 2.45) is 11.8 Å². The minimum absolute atomic E-state index is 0.0262. The molecule has 2 saturated heterocycles. The highest BCUT2D eigenvalue weighted by Crippen LogP contribution is 2.31. The zero-order valence-corrected chi connectivity index (χ0v) is 16.2. The summed E-state index contributed by atoms with van der Waals surface area (Å²) in [5.74, 6) is 0.402. The lowest BCUT2D eigenvalue weighted by Crippen LogP contribution is -2.56. The number of halogens is 1. The molecule has 0 spiro atoms. The van der Waals surface area contributed by atoms with Crippen LogP contribution in [0, 0.1) is 17.7 Å². The van der Waals surface area contributed by atoms with Crippen LogP contribution in [0.4, 0.5) is 4.39 Å². The number of hydrogen-bond donors (Lipinski definition) is 0. The van der Waals surface area contributed by atoms with Gasteiger partial charge in [0.05, 0.1) is 6.42 Å². The molecular weight excluding hydrogens is 343 g/mol. The van der Waals surface area contributed by atoms with Crippen LogP contribution in [0.15, 0.2) is 36.4 Å². The Balaban J connectivity index is 1.62. The van der Waals surface area contributed by atoms with Gasteiger partial charge in [0.2, 0.25) is 11.8 Å². The van der Waals surface area contributed by atoms with Crippen LogP contribution in [0.3, 0.4) is 0 Å². The minimum Gasteiger partial charge on any atom is -0.342 e. The Morgan fingerprint density at radius 3 is 2.74 bits per heavy atom. The Kier molecular flexibility index (Phi) is 6.30. The molecule has 2 atom stereocenters. The zero-order valence-electron chi connectivity index (χ0n) is 16.2. The van der Waals surface area contributed by atoms with E-state index in [-0.39, 0.29) is 30.1 Å². The van der Waals surface area contributed by atoms with Gasteiger partial charge in [-0.15, -0.1) is 0 Å². The van der Waals surface area contributed by atoms with Crippen molar-refractivity contribution in [2.75, 3.05) is 19.6 Å². The molecule has 2 heterocycles. The number of amides is 2. The first-order chi connectivity index (χ1) is 13.0. The van der Waals surface area contributed by atoms with Crippen molar-refractivity contribution in [3.63, 3.8) is 0 Å². The molecular formula is C22H29FN2O2. The average Bonchev–Trinajstić information content (AvgIpc) is 2.66. The topological polar surface area (TPSA) is 40.6 Å². The fourth-order valence-corrected chi connectivity index (χ4v) is 4.19. The number of benzene rings is 1. The predicted molar refractivity (Wildman–Crippen MR) is 104 cm³/mol. The van der Waals surface area contributed by atoms with Crippen molar-refractivity contribution >= 4 is 11.8 Å². The smallest absolute Gasteiger partial charge is 0.246 e. The highest BCUT2D eigenvalue weighted by molar-refractivity contribution is 5.88. The summed E-state index contributed by atoms with van der Waals surface area (Å²) < 4.78 is 13.8. The lowest BCUT2D eigenvalue weighted by atomic mass is 9.83. The third-order valence-electron chi connectivity index (χ3n) is 5.63. The van der Waals surface area contributed by atoms with Gasteiger partial charge in [0.25, 0.3) is 0 Å². The molecule has 2 amide bonds. The normalized spacial score (nSPS) is 23.0. The van der Waals surface area contributed by atoms with Crippen LogP contribution in [0.1, 0.15) is 38.7 Å². The third-order valence-corrected chi connectivity index (χ3v) is 5.63. The standard InChI is InChI=1S/C22H29FN2O2/c1-16(2)9-10-21(26)25-12-5-7-18-15-24(13-11-20(18)25)22(27)14-17-6-3-4-8-19(17)23/h3-4,6,8-10,16,18,20H,5,7,11-15H2,1-2H3/b10-9+/t18-,20+/m1/s1. The quantitative estimate of drug-likeness (QED) is 0.760. The maximum Gasteiger partial charge on any atom is 0.246 e. The lowest BCUT2D eigenvalue weighted by Gasteiger charge is -2.47. The molecule has 0 saturated carbocycles. The predicted octanol–water partition coefficient (Wildman–Crippen LogP) is 3.42. The summed E-state index contributed by atoms with van der Waals surface area (Å²) in [6.45, 7) is 6.21. The van der Waals surface area contributed by atoms with Crippen LogP contribution in [-0.4, -0.2) is 47.3 Å². The molecule has 0 bridgehead atoms. The number of carbonyl (C=O) groups is 2. The third kappa shape index (κ3) is 4.76. The molecule has 2 fully saturated rings. The van der Waals surface area contributed by atoms with Crippen LogP contribution < -0.4 is 0 Å². The second-order valence-corrected chi connectivity index (χ2v) is 8.00. The molecule has 27 heavy (non-hydrogen) atoms. The van der Waals surface area contributed by atoms with Crippen molar-refractivity contribution in [1.29, 1.82) is 0 Å². The van der Waals surface area contributed by atoms with E-state index in [1.165, 1.54) is 6.07 Å². The number of nitrogens with zero attached hydrogens (tertiary/aromatic N) is 2. The molecule has 0 aliphatic carbocycles. The number of rotatable bonds is 4. The first-order valence-electron chi connectivity index (χ1n) is 9.95. The van der Waals surface area contributed by atoms with Crippen molar-refractivity contribution in [3.8, 4) is 0 Å². The van der Waals surface area contributed by atoms with Crippen molar-refractivity contribution in [2.45, 2.75) is 45.6 Å². The number of allylic oxidation sites excluding steroid dienone is 1. The first kappa shape index (κ1) is 19.6. The summed E-state index contributed by atoms with van der Waals surface area (Å²) in [5, 5.41) is 0. The Morgan fingerprint density at radius 2 is 2.00 bits per heavy atom. The van der Waals surface area contributed by atoms with Gasteiger partial charge < -0.3 is 9.80 Å². The van der Waals surface area contributed by atoms with Gasteiger partial charge in [-0.1, -0.05) is 38.1 Å². The Labute approximate surface area is 161 Å². The van der Waals surface area contributed by atoms with E-state index in [0.717, 1.165) is 25.8 Å². The van der Waals surface area contributed by atoms with Crippen molar-refractivity contribution in [1.82, 2.24) is 9.80 Å². The Morgan fingerprint density at radius 1 is 1.22 bits per heavy atom. The number of piperidine rings is 2. The molecule has 0 N–H and O–H groups in total. The van der Waals surface area contributed by atoms with Crippen LogP contribution in [0.25, 0.3) is 0 Å². The van der Waals surface area contributed by atoms with Gasteiger partial charge in [-0.05, 0) is 48.8 Å². The molecule has 1 aromatic rings. The molecule has 146 valence electrons. The Bertz CT molecular complexity index is 716. The SMILES string of the molecule is CC(C)/C=C/C(=O)N1CCC[C@@H]2CN(C(=O)Cc3ccccc3F)CC[C@@H]21. The van der Waals surface area contributed by atoms with Gasteiger partial charge in [0.15, 0.2) is 0 Å². The summed E-state index contributed by atoms with van der Waals surface area (Å²) in [5.41, 5.74) is 0.448. The van der Waals surface area contributed by atoms with Gasteiger partial charge in [-0.3, -0.25) is 9.59 Å². The number of hydrogen-bond acceptors (Lipinski definition) is 2. The molecule has 2 aliphatic heterocycles. The van der Waals surface area contributed by atoms with Crippen molar-refractivity contribution in [3.05, 3.63) is 47.8 Å². The van der Waals surface area contributed by atoms with E-state index in [9.17, 15) is 14.0 Å². The second kappa shape index (κ2) is 8.68. The van der Waals surface area contributed by atoms with Crippen LogP contribution in [0.2, 0.25) is 0 Å². The van der Waals surface area contributed by atoms with Crippen LogP contribution >= 0.6 is 0 Å². The Hall–Kier alpha value is -2.17. The molecule has 1 aromatic carbocycles. The van der Waals surface area contributed by atoms with E-state index >= 15 is 0 Å². The second-order valence-electron chi connectivity index (χ2n) is 8.00. The van der Waals surface area contributed by atoms with Crippen molar-refractivity contribution < 1.29 is 14.0 Å². The summed E-state index contributed by atoms with van der Waals surface area (Å²) in [7, 11) is 0. The molecule has 5 heteroatoms. The summed E-state index contributed by atoms with van der Waals surface area (Å²) in [6.07, 6.45) is 6.55. The molecule has 2 aliphatic rings. The summed E-state index contributed by atoms with van der Waals surface area (Å²) in [6, 6.07) is 6.66. The van der Waals surface area contributed by atoms with Gasteiger partial charge >= 0.3 is 0 Å². The number of fused-ring (bicyclic) bond motifs is 1. The minimum atomic E-state index is -0.327. The molecule has 3 rings (SSSR count). The fraction of sp³-hybridized carbons (Fsp3) is 0.545.